The van der Waals surface area contributed by atoms with Gasteiger partial charge in [0.05, 0.1) is 48.2 Å². The predicted molar refractivity (Wildman–Crippen MR) is 133 cm³/mol. The first-order valence-corrected chi connectivity index (χ1v) is 11.9. The summed E-state index contributed by atoms with van der Waals surface area (Å²) < 4.78 is 18.0. The van der Waals surface area contributed by atoms with E-state index in [-0.39, 0.29) is 23.3 Å². The Morgan fingerprint density at radius 2 is 1.81 bits per heavy atom. The zero-order valence-electron chi connectivity index (χ0n) is 20.1. The van der Waals surface area contributed by atoms with Gasteiger partial charge in [-0.05, 0) is 55.3 Å². The Kier molecular flexibility index (Phi) is 7.07. The van der Waals surface area contributed by atoms with Crippen LogP contribution < -0.4 is 24.4 Å². The SMILES string of the molecule is CCOC(=O)C1=C(C)N=c2s/c(=C\c3ccc(C(=O)O)cc3)c(=O)n2[C@@H]1c1ccc(OC)c(OC)c1. The zero-order valence-corrected chi connectivity index (χ0v) is 20.9. The Morgan fingerprint density at radius 3 is 2.42 bits per heavy atom. The van der Waals surface area contributed by atoms with E-state index >= 15 is 0 Å². The number of carbonyl (C=O) groups excluding carboxylic acids is 1. The number of hydrogen-bond acceptors (Lipinski definition) is 8. The summed E-state index contributed by atoms with van der Waals surface area (Å²) in [6, 6.07) is 10.6. The molecular formula is C26H24N2O7S. The summed E-state index contributed by atoms with van der Waals surface area (Å²) in [4.78, 5) is 42.8. The molecule has 1 N–H and O–H groups in total. The average Bonchev–Trinajstić information content (AvgIpc) is 3.17. The molecule has 0 aliphatic carbocycles. The number of nitrogens with zero attached hydrogens (tertiary/aromatic N) is 2. The number of carboxylic acid groups (broad SMARTS) is 1. The second-order valence-corrected chi connectivity index (χ2v) is 8.85. The zero-order chi connectivity index (χ0) is 26.0. The molecule has 2 heterocycles. The van der Waals surface area contributed by atoms with E-state index in [2.05, 4.69) is 4.99 Å². The Labute approximate surface area is 210 Å². The second kappa shape index (κ2) is 10.2. The third kappa shape index (κ3) is 4.55. The second-order valence-electron chi connectivity index (χ2n) is 7.84. The summed E-state index contributed by atoms with van der Waals surface area (Å²) in [6.07, 6.45) is 1.67. The van der Waals surface area contributed by atoms with E-state index in [4.69, 9.17) is 19.3 Å². The highest BCUT2D eigenvalue weighted by atomic mass is 32.1. The lowest BCUT2D eigenvalue weighted by Crippen LogP contribution is -2.39. The van der Waals surface area contributed by atoms with Gasteiger partial charge in [-0.2, -0.15) is 0 Å². The standard InChI is InChI=1S/C26H24N2O7S/c1-5-35-25(32)21-14(2)27-26-28(22(21)17-10-11-18(33-3)19(13-17)34-4)23(29)20(36-26)12-15-6-8-16(9-7-15)24(30)31/h6-13,22H,5H2,1-4H3,(H,30,31)/b20-12-/t22-/m1/s1. The Balaban J connectivity index is 1.93. The number of methoxy groups -OCH3 is 2. The fourth-order valence-corrected chi connectivity index (χ4v) is 5.05. The van der Waals surface area contributed by atoms with Gasteiger partial charge in [0.2, 0.25) is 0 Å². The molecule has 0 saturated carbocycles. The third-order valence-corrected chi connectivity index (χ3v) is 6.68. The molecule has 1 aliphatic rings. The fraction of sp³-hybridized carbons (Fsp3) is 0.231. The first-order chi connectivity index (χ1) is 17.3. The average molecular weight is 509 g/mol. The van der Waals surface area contributed by atoms with Crippen LogP contribution in [0.2, 0.25) is 0 Å². The van der Waals surface area contributed by atoms with Crippen molar-refractivity contribution < 1.29 is 28.9 Å². The fourth-order valence-electron chi connectivity index (χ4n) is 4.00. The lowest BCUT2D eigenvalue weighted by molar-refractivity contribution is -0.139. The first kappa shape index (κ1) is 24.9. The van der Waals surface area contributed by atoms with Gasteiger partial charge in [-0.1, -0.05) is 29.5 Å². The highest BCUT2D eigenvalue weighted by Gasteiger charge is 2.33. The van der Waals surface area contributed by atoms with Crippen molar-refractivity contribution >= 4 is 29.4 Å². The molecule has 10 heteroatoms. The lowest BCUT2D eigenvalue weighted by atomic mass is 9.95. The molecule has 36 heavy (non-hydrogen) atoms. The van der Waals surface area contributed by atoms with Crippen molar-refractivity contribution in [3.8, 4) is 11.5 Å². The van der Waals surface area contributed by atoms with E-state index in [0.717, 1.165) is 0 Å². The molecule has 0 amide bonds. The summed E-state index contributed by atoms with van der Waals surface area (Å²) in [6.45, 7) is 3.59. The van der Waals surface area contributed by atoms with Crippen molar-refractivity contribution in [2.45, 2.75) is 19.9 Å². The number of benzene rings is 2. The van der Waals surface area contributed by atoms with Crippen LogP contribution in [-0.2, 0) is 9.53 Å². The van der Waals surface area contributed by atoms with Crippen LogP contribution in [0.4, 0.5) is 0 Å². The number of carboxylic acids is 1. The van der Waals surface area contributed by atoms with Crippen LogP contribution in [0.1, 0.15) is 41.4 Å². The predicted octanol–water partition coefficient (Wildman–Crippen LogP) is 2.51. The molecule has 4 rings (SSSR count). The number of carbonyl (C=O) groups is 2. The highest BCUT2D eigenvalue weighted by molar-refractivity contribution is 7.07. The number of allylic oxidation sites excluding steroid dienone is 1. The highest BCUT2D eigenvalue weighted by Crippen LogP contribution is 2.36. The van der Waals surface area contributed by atoms with Crippen LogP contribution in [0.3, 0.4) is 0 Å². The number of fused-ring (bicyclic) bond motifs is 1. The van der Waals surface area contributed by atoms with Crippen molar-refractivity contribution in [3.05, 3.63) is 90.1 Å². The molecular weight excluding hydrogens is 484 g/mol. The molecule has 9 nitrogen and oxygen atoms in total. The topological polar surface area (TPSA) is 116 Å². The maximum Gasteiger partial charge on any atom is 0.338 e. The van der Waals surface area contributed by atoms with Crippen molar-refractivity contribution in [1.82, 2.24) is 4.57 Å². The third-order valence-electron chi connectivity index (χ3n) is 5.70. The van der Waals surface area contributed by atoms with Crippen molar-refractivity contribution in [2.75, 3.05) is 20.8 Å². The van der Waals surface area contributed by atoms with Gasteiger partial charge in [0, 0.05) is 0 Å². The van der Waals surface area contributed by atoms with Crippen molar-refractivity contribution in [3.63, 3.8) is 0 Å². The van der Waals surface area contributed by atoms with Gasteiger partial charge in [0.15, 0.2) is 16.3 Å². The summed E-state index contributed by atoms with van der Waals surface area (Å²) in [5.74, 6) is -0.625. The summed E-state index contributed by atoms with van der Waals surface area (Å²) in [5, 5.41) is 9.13. The van der Waals surface area contributed by atoms with Crippen LogP contribution in [0.5, 0.6) is 11.5 Å². The van der Waals surface area contributed by atoms with Crippen LogP contribution in [0.15, 0.2) is 63.5 Å². The van der Waals surface area contributed by atoms with E-state index in [0.29, 0.717) is 37.7 Å². The molecule has 1 aromatic heterocycles. The molecule has 0 saturated heterocycles. The Morgan fingerprint density at radius 1 is 1.11 bits per heavy atom. The lowest BCUT2D eigenvalue weighted by Gasteiger charge is -2.25. The van der Waals surface area contributed by atoms with Gasteiger partial charge in [-0.3, -0.25) is 9.36 Å². The normalized spacial score (nSPS) is 15.2. The minimum atomic E-state index is -1.03. The quantitative estimate of drug-likeness (QED) is 0.488. The van der Waals surface area contributed by atoms with Gasteiger partial charge in [-0.25, -0.2) is 14.6 Å². The minimum absolute atomic E-state index is 0.150. The van der Waals surface area contributed by atoms with E-state index < -0.39 is 18.0 Å². The molecule has 1 atom stereocenters. The summed E-state index contributed by atoms with van der Waals surface area (Å²) in [5.41, 5.74) is 1.81. The monoisotopic (exact) mass is 508 g/mol. The molecule has 1 aliphatic heterocycles. The van der Waals surface area contributed by atoms with Crippen LogP contribution in [-0.4, -0.2) is 42.4 Å². The number of thiazole rings is 1. The minimum Gasteiger partial charge on any atom is -0.493 e. The van der Waals surface area contributed by atoms with E-state index in [1.807, 2.05) is 0 Å². The molecule has 0 radical (unpaired) electrons. The van der Waals surface area contributed by atoms with Crippen molar-refractivity contribution in [2.24, 2.45) is 4.99 Å². The largest absolute Gasteiger partial charge is 0.493 e. The Bertz CT molecular complexity index is 1550. The smallest absolute Gasteiger partial charge is 0.338 e. The van der Waals surface area contributed by atoms with Gasteiger partial charge >= 0.3 is 11.9 Å². The van der Waals surface area contributed by atoms with Gasteiger partial charge < -0.3 is 19.3 Å². The first-order valence-electron chi connectivity index (χ1n) is 11.0. The Hall–Kier alpha value is -4.18. The van der Waals surface area contributed by atoms with E-state index in [1.54, 1.807) is 50.3 Å². The van der Waals surface area contributed by atoms with Crippen LogP contribution in [0.25, 0.3) is 6.08 Å². The number of rotatable bonds is 7. The van der Waals surface area contributed by atoms with Crippen LogP contribution >= 0.6 is 11.3 Å². The number of aromatic nitrogens is 1. The molecule has 0 bridgehead atoms. The number of ether oxygens (including phenoxy) is 3. The molecule has 0 unspecified atom stereocenters. The van der Waals surface area contributed by atoms with E-state index in [1.165, 1.54) is 42.3 Å². The molecule has 0 spiro atoms. The van der Waals surface area contributed by atoms with Crippen molar-refractivity contribution in [1.29, 1.82) is 0 Å². The van der Waals surface area contributed by atoms with Gasteiger partial charge in [0.25, 0.3) is 5.56 Å². The number of esters is 1. The van der Waals surface area contributed by atoms with Gasteiger partial charge in [-0.15, -0.1) is 0 Å². The van der Waals surface area contributed by atoms with Gasteiger partial charge in [0.1, 0.15) is 0 Å². The summed E-state index contributed by atoms with van der Waals surface area (Å²) >= 11 is 1.18. The number of aromatic carboxylic acids is 1. The number of hydrogen-bond donors (Lipinski definition) is 1. The summed E-state index contributed by atoms with van der Waals surface area (Å²) in [7, 11) is 3.04. The molecule has 3 aromatic rings. The molecule has 0 fully saturated rings. The maximum atomic E-state index is 13.6. The van der Waals surface area contributed by atoms with E-state index in [9.17, 15) is 14.4 Å². The maximum absolute atomic E-state index is 13.6. The molecule has 2 aromatic carbocycles. The van der Waals surface area contributed by atoms with Crippen LogP contribution in [0, 0.1) is 0 Å². The molecule has 186 valence electrons.